The molecule has 0 amide bonds. The van der Waals surface area contributed by atoms with Gasteiger partial charge in [0.25, 0.3) is 0 Å². The van der Waals surface area contributed by atoms with E-state index in [1.807, 2.05) is 11.8 Å². The Labute approximate surface area is 417 Å². The zero-order chi connectivity index (χ0) is 52.4. The maximum Gasteiger partial charge on any atom is 0.0535 e. The van der Waals surface area contributed by atoms with Gasteiger partial charge in [-0.3, -0.25) is 44.1 Å². The van der Waals surface area contributed by atoms with E-state index >= 15 is 0 Å². The van der Waals surface area contributed by atoms with Crippen LogP contribution >= 0.6 is 11.8 Å². The zero-order valence-electron chi connectivity index (χ0n) is 50.9. The van der Waals surface area contributed by atoms with Crippen LogP contribution in [-0.4, -0.2) is 186 Å². The van der Waals surface area contributed by atoms with Crippen LogP contribution in [0.2, 0.25) is 0 Å². The summed E-state index contributed by atoms with van der Waals surface area (Å²) >= 11 is 2.02. The average Bonchev–Trinajstić information content (AvgIpc) is 3.12. The molecule has 0 radical (unpaired) electrons. The van der Waals surface area contributed by atoms with Crippen molar-refractivity contribution in [2.45, 2.75) is 317 Å². The number of thioether (sulfide) groups is 1. The summed E-state index contributed by atoms with van der Waals surface area (Å²) < 4.78 is 0. The van der Waals surface area contributed by atoms with Gasteiger partial charge in [0.2, 0.25) is 0 Å². The molecule has 0 atom stereocenters. The Kier molecular flexibility index (Phi) is 41.6. The van der Waals surface area contributed by atoms with Crippen LogP contribution in [0.5, 0.6) is 0 Å². The van der Waals surface area contributed by atoms with Crippen LogP contribution < -0.4 is 0 Å². The summed E-state index contributed by atoms with van der Waals surface area (Å²) in [5.41, 5.74) is 0. The molecule has 9 nitrogen and oxygen atoms in total. The molecule has 398 valence electrons. The molecule has 0 spiro atoms. The summed E-state index contributed by atoms with van der Waals surface area (Å²) in [6.07, 6.45) is 0. The molecule has 0 aromatic heterocycles. The Hall–Kier alpha value is -0.0100. The van der Waals surface area contributed by atoms with Crippen molar-refractivity contribution in [3.8, 4) is 0 Å². The molecule has 0 aliphatic heterocycles. The monoisotopic (exact) mass is 946 g/mol. The van der Waals surface area contributed by atoms with Crippen molar-refractivity contribution in [3.05, 3.63) is 0 Å². The van der Waals surface area contributed by atoms with E-state index in [1.54, 1.807) is 0 Å². The molecule has 0 unspecified atom stereocenters. The van der Waals surface area contributed by atoms with E-state index in [-0.39, 0.29) is 0 Å². The van der Waals surface area contributed by atoms with Crippen LogP contribution in [0, 0.1) is 0 Å². The molecule has 0 aliphatic rings. The van der Waals surface area contributed by atoms with E-state index < -0.39 is 0 Å². The molecule has 0 aliphatic carbocycles. The molecule has 10 heteroatoms. The minimum Gasteiger partial charge on any atom is -0.291 e. The highest BCUT2D eigenvalue weighted by molar-refractivity contribution is 7.99. The van der Waals surface area contributed by atoms with Crippen molar-refractivity contribution >= 4 is 11.8 Å². The fourth-order valence-electron chi connectivity index (χ4n) is 8.10. The summed E-state index contributed by atoms with van der Waals surface area (Å²) in [6, 6.07) is 9.00. The Balaban J connectivity index is -0.000000402. The highest BCUT2D eigenvalue weighted by atomic mass is 32.2. The molecule has 0 N–H and O–H groups in total. The standard InChI is InChI=1S/C21H48N4.C13H30N2.C11H26N2.C10H23NS/c1-16(2)23(17(3)4)13-22(14-24(18(5)6)19(7)8)15-25(20(9)10)21(11)12;1-10(2)14(11(3)4)9-15(12(5)6)13(7)8;1-9(2)12(7)8-13(10(3)4)11(5)6;1-8(2)11(9(3)4)7-12-10(5)6/h16-21H,13-15H2,1-12H3;10-13H,9H2,1-8H3;9-11H,8H2,1-7H3;8-10H,7H2,1-6H3. The van der Waals surface area contributed by atoms with Crippen LogP contribution in [-0.2, 0) is 0 Å². The summed E-state index contributed by atoms with van der Waals surface area (Å²) in [5.74, 6) is 1.16. The zero-order valence-corrected chi connectivity index (χ0v) is 51.7. The lowest BCUT2D eigenvalue weighted by Crippen LogP contribution is -2.55. The SMILES string of the molecule is CC(C)N(C)CN(C(C)C)C(C)C.CC(C)N(CN(C(C)C)C(C)C)C(C)C.CC(C)N(CN(CN(C(C)C)C(C)C)CN(C(C)C)C(C)C)C(C)C.CC(C)SCN(C(C)C)C(C)C. The topological polar surface area (TPSA) is 29.2 Å². The maximum atomic E-state index is 2.62. The second-order valence-electron chi connectivity index (χ2n) is 23.5. The molecule has 0 bridgehead atoms. The lowest BCUT2D eigenvalue weighted by Gasteiger charge is -2.43. The van der Waals surface area contributed by atoms with Gasteiger partial charge in [-0.05, 0) is 215 Å². The molecule has 0 aromatic carbocycles. The summed E-state index contributed by atoms with van der Waals surface area (Å²) in [5, 5.41) is 0.741. The fourth-order valence-corrected chi connectivity index (χ4v) is 9.17. The minimum absolute atomic E-state index is 0.556. The Morgan fingerprint density at radius 2 is 0.415 bits per heavy atom. The van der Waals surface area contributed by atoms with Gasteiger partial charge >= 0.3 is 0 Å². The lowest BCUT2D eigenvalue weighted by molar-refractivity contribution is -0.0268. The number of hydrogen-bond acceptors (Lipinski definition) is 10. The largest absolute Gasteiger partial charge is 0.291 e. The molecule has 65 heavy (non-hydrogen) atoms. The Bertz CT molecular complexity index is 929. The molecule has 0 saturated heterocycles. The van der Waals surface area contributed by atoms with Gasteiger partial charge in [0, 0.05) is 102 Å². The van der Waals surface area contributed by atoms with Gasteiger partial charge in [0.1, 0.15) is 0 Å². The van der Waals surface area contributed by atoms with Gasteiger partial charge in [-0.1, -0.05) is 13.8 Å². The highest BCUT2D eigenvalue weighted by Crippen LogP contribution is 2.17. The second kappa shape index (κ2) is 37.8. The van der Waals surface area contributed by atoms with Crippen molar-refractivity contribution in [2.24, 2.45) is 0 Å². The second-order valence-corrected chi connectivity index (χ2v) is 25.0. The van der Waals surface area contributed by atoms with Crippen molar-refractivity contribution in [1.82, 2.24) is 44.1 Å². The van der Waals surface area contributed by atoms with Gasteiger partial charge < -0.3 is 0 Å². The van der Waals surface area contributed by atoms with Crippen molar-refractivity contribution in [3.63, 3.8) is 0 Å². The molecule has 0 fully saturated rings. The van der Waals surface area contributed by atoms with E-state index in [0.717, 1.165) is 44.5 Å². The van der Waals surface area contributed by atoms with Gasteiger partial charge in [0.05, 0.1) is 33.3 Å². The van der Waals surface area contributed by atoms with Crippen LogP contribution in [0.3, 0.4) is 0 Å². The highest BCUT2D eigenvalue weighted by Gasteiger charge is 2.26. The molecule has 0 saturated carbocycles. The van der Waals surface area contributed by atoms with Crippen molar-refractivity contribution in [2.75, 3.05) is 46.3 Å². The number of rotatable bonds is 28. The van der Waals surface area contributed by atoms with E-state index in [1.165, 1.54) is 0 Å². The summed E-state index contributed by atoms with van der Waals surface area (Å²) in [6.45, 7) is 78.2. The minimum atomic E-state index is 0.556. The van der Waals surface area contributed by atoms with E-state index in [0.29, 0.717) is 90.6 Å². The predicted molar refractivity (Wildman–Crippen MR) is 301 cm³/mol. The Morgan fingerprint density at radius 1 is 0.231 bits per heavy atom. The van der Waals surface area contributed by atoms with Crippen molar-refractivity contribution in [1.29, 1.82) is 0 Å². The quantitative estimate of drug-likeness (QED) is 0.0707. The third kappa shape index (κ3) is 34.0. The molecule has 0 aromatic rings. The van der Waals surface area contributed by atoms with Crippen molar-refractivity contribution < 1.29 is 0 Å². The van der Waals surface area contributed by atoms with E-state index in [4.69, 9.17) is 0 Å². The summed E-state index contributed by atoms with van der Waals surface area (Å²) in [4.78, 5) is 22.9. The van der Waals surface area contributed by atoms with Crippen LogP contribution in [0.15, 0.2) is 0 Å². The smallest absolute Gasteiger partial charge is 0.0535 e. The first-order chi connectivity index (χ1) is 29.5. The van der Waals surface area contributed by atoms with Crippen LogP contribution in [0.25, 0.3) is 0 Å². The molecule has 0 heterocycles. The third-order valence-corrected chi connectivity index (χ3v) is 13.6. The van der Waals surface area contributed by atoms with Gasteiger partial charge in [-0.15, -0.1) is 11.8 Å². The fraction of sp³-hybridized carbons (Fsp3) is 1.00. The average molecular weight is 947 g/mol. The normalized spacial score (nSPS) is 13.2. The number of hydrogen-bond donors (Lipinski definition) is 0. The lowest BCUT2D eigenvalue weighted by atomic mass is 10.2. The first-order valence-corrected chi connectivity index (χ1v) is 27.8. The van der Waals surface area contributed by atoms with Crippen LogP contribution in [0.1, 0.15) is 222 Å². The maximum absolute atomic E-state index is 2.62. The van der Waals surface area contributed by atoms with E-state index in [2.05, 4.69) is 273 Å². The first kappa shape index (κ1) is 71.5. The molecular formula is C55H127N9S. The Morgan fingerprint density at radius 3 is 0.585 bits per heavy atom. The number of nitrogens with zero attached hydrogens (tertiary/aromatic N) is 9. The first-order valence-electron chi connectivity index (χ1n) is 26.8. The van der Waals surface area contributed by atoms with E-state index in [9.17, 15) is 0 Å². The van der Waals surface area contributed by atoms with Gasteiger partial charge in [-0.2, -0.15) is 0 Å². The van der Waals surface area contributed by atoms with Gasteiger partial charge in [0.15, 0.2) is 0 Å². The predicted octanol–water partition coefficient (Wildman–Crippen LogP) is 13.3. The summed E-state index contributed by atoms with van der Waals surface area (Å²) in [7, 11) is 2.18. The van der Waals surface area contributed by atoms with Gasteiger partial charge in [-0.25, -0.2) is 0 Å². The van der Waals surface area contributed by atoms with Crippen LogP contribution in [0.4, 0.5) is 0 Å². The molecular weight excluding hydrogens is 819 g/mol. The third-order valence-electron chi connectivity index (χ3n) is 12.5. The molecule has 0 rings (SSSR count).